The fourth-order valence-corrected chi connectivity index (χ4v) is 2.49. The maximum atomic E-state index is 5.34. The third-order valence-corrected chi connectivity index (χ3v) is 3.41. The van der Waals surface area contributed by atoms with Crippen molar-refractivity contribution in [2.24, 2.45) is 5.84 Å². The van der Waals surface area contributed by atoms with Crippen molar-refractivity contribution >= 4 is 11.8 Å². The van der Waals surface area contributed by atoms with Gasteiger partial charge in [0.15, 0.2) is 0 Å². The number of nitrogen functional groups attached to an aromatic ring is 1. The monoisotopic (exact) mass is 250 g/mol. The molecule has 2 rings (SSSR count). The zero-order chi connectivity index (χ0) is 13.0. The largest absolute Gasteiger partial charge is 0.368 e. The molecule has 1 saturated heterocycles. The van der Waals surface area contributed by atoms with E-state index in [4.69, 9.17) is 5.84 Å². The Bertz CT molecular complexity index is 394. The molecule has 0 spiro atoms. The van der Waals surface area contributed by atoms with Crippen molar-refractivity contribution in [2.45, 2.75) is 32.7 Å². The van der Waals surface area contributed by atoms with Gasteiger partial charge in [0.1, 0.15) is 5.82 Å². The highest BCUT2D eigenvalue weighted by molar-refractivity contribution is 5.41. The van der Waals surface area contributed by atoms with Gasteiger partial charge in [0, 0.05) is 24.3 Å². The zero-order valence-corrected chi connectivity index (χ0v) is 11.1. The highest BCUT2D eigenvalue weighted by Gasteiger charge is 2.22. The number of rotatable bonds is 5. The molecule has 1 aromatic rings. The molecule has 2 heterocycles. The lowest BCUT2D eigenvalue weighted by Crippen LogP contribution is -2.34. The molecule has 0 aliphatic carbocycles. The summed E-state index contributed by atoms with van der Waals surface area (Å²) in [6.07, 6.45) is 2.55. The van der Waals surface area contributed by atoms with E-state index in [0.717, 1.165) is 24.6 Å². The van der Waals surface area contributed by atoms with E-state index in [2.05, 4.69) is 32.5 Å². The molecule has 0 radical (unpaired) electrons. The molecule has 1 aliphatic heterocycles. The highest BCUT2D eigenvalue weighted by atomic mass is 15.3. The summed E-state index contributed by atoms with van der Waals surface area (Å²) in [4.78, 5) is 11.0. The van der Waals surface area contributed by atoms with E-state index in [1.165, 1.54) is 19.4 Å². The average molecular weight is 250 g/mol. The Balaban J connectivity index is 1.95. The lowest BCUT2D eigenvalue weighted by molar-refractivity contribution is 0.277. The number of hydrogen-bond donors (Lipinski definition) is 3. The van der Waals surface area contributed by atoms with Gasteiger partial charge < -0.3 is 5.32 Å². The van der Waals surface area contributed by atoms with E-state index in [1.807, 2.05) is 13.0 Å². The van der Waals surface area contributed by atoms with E-state index in [9.17, 15) is 0 Å². The number of aryl methyl sites for hydroxylation is 1. The molecular weight excluding hydrogens is 228 g/mol. The Kier molecular flexibility index (Phi) is 4.33. The minimum Gasteiger partial charge on any atom is -0.368 e. The molecule has 0 saturated carbocycles. The number of nitrogens with one attached hydrogen (secondary N) is 2. The number of anilines is 2. The van der Waals surface area contributed by atoms with Crippen molar-refractivity contribution in [1.82, 2.24) is 14.9 Å². The van der Waals surface area contributed by atoms with Crippen LogP contribution in [0.1, 0.15) is 25.5 Å². The van der Waals surface area contributed by atoms with Gasteiger partial charge in [0.25, 0.3) is 0 Å². The van der Waals surface area contributed by atoms with Crippen molar-refractivity contribution in [3.63, 3.8) is 0 Å². The summed E-state index contributed by atoms with van der Waals surface area (Å²) in [6, 6.07) is 2.55. The van der Waals surface area contributed by atoms with Gasteiger partial charge in [0.2, 0.25) is 5.95 Å². The van der Waals surface area contributed by atoms with Crippen molar-refractivity contribution in [3.8, 4) is 0 Å². The predicted molar refractivity (Wildman–Crippen MR) is 73.3 cm³/mol. The number of hydrogen-bond acceptors (Lipinski definition) is 6. The molecule has 1 atom stereocenters. The zero-order valence-electron chi connectivity index (χ0n) is 11.1. The quantitative estimate of drug-likeness (QED) is 0.534. The third kappa shape index (κ3) is 3.08. The molecule has 100 valence electrons. The number of nitrogens with zero attached hydrogens (tertiary/aromatic N) is 3. The second-order valence-corrected chi connectivity index (χ2v) is 4.67. The first kappa shape index (κ1) is 13.0. The first-order valence-electron chi connectivity index (χ1n) is 6.53. The lowest BCUT2D eigenvalue weighted by Gasteiger charge is -2.23. The molecule has 4 N–H and O–H groups in total. The summed E-state index contributed by atoms with van der Waals surface area (Å²) in [5, 5.41) is 3.38. The standard InChI is InChI=1S/C12H22N6/c1-3-18-6-4-5-10(18)8-14-11-7-9(2)15-12(16-11)17-13/h7,10H,3-6,8,13H2,1-2H3,(H2,14,15,16,17). The van der Waals surface area contributed by atoms with E-state index in [-0.39, 0.29) is 0 Å². The maximum absolute atomic E-state index is 5.34. The smallest absolute Gasteiger partial charge is 0.239 e. The van der Waals surface area contributed by atoms with Gasteiger partial charge in [-0.15, -0.1) is 0 Å². The maximum Gasteiger partial charge on any atom is 0.239 e. The molecule has 0 aromatic carbocycles. The number of nitrogens with two attached hydrogens (primary N) is 1. The first-order chi connectivity index (χ1) is 8.72. The van der Waals surface area contributed by atoms with Crippen LogP contribution in [0.2, 0.25) is 0 Å². The fraction of sp³-hybridized carbons (Fsp3) is 0.667. The van der Waals surface area contributed by atoms with Gasteiger partial charge in [0.05, 0.1) is 0 Å². The first-order valence-corrected chi connectivity index (χ1v) is 6.53. The van der Waals surface area contributed by atoms with Crippen LogP contribution >= 0.6 is 0 Å². The van der Waals surface area contributed by atoms with Crippen molar-refractivity contribution in [3.05, 3.63) is 11.8 Å². The topological polar surface area (TPSA) is 79.1 Å². The minimum atomic E-state index is 0.455. The van der Waals surface area contributed by atoms with E-state index >= 15 is 0 Å². The van der Waals surface area contributed by atoms with Gasteiger partial charge in [-0.05, 0) is 32.9 Å². The van der Waals surface area contributed by atoms with Gasteiger partial charge in [-0.2, -0.15) is 4.98 Å². The van der Waals surface area contributed by atoms with E-state index in [0.29, 0.717) is 12.0 Å². The van der Waals surface area contributed by atoms with Crippen LogP contribution < -0.4 is 16.6 Å². The van der Waals surface area contributed by atoms with Gasteiger partial charge in [-0.3, -0.25) is 10.3 Å². The Hall–Kier alpha value is -1.40. The second kappa shape index (κ2) is 5.97. The summed E-state index contributed by atoms with van der Waals surface area (Å²) in [5.41, 5.74) is 3.39. The molecule has 0 bridgehead atoms. The van der Waals surface area contributed by atoms with Crippen molar-refractivity contribution < 1.29 is 0 Å². The third-order valence-electron chi connectivity index (χ3n) is 3.41. The van der Waals surface area contributed by atoms with Crippen LogP contribution in [0, 0.1) is 6.92 Å². The van der Waals surface area contributed by atoms with Crippen LogP contribution in [-0.2, 0) is 0 Å². The lowest BCUT2D eigenvalue weighted by atomic mass is 10.2. The minimum absolute atomic E-state index is 0.455. The molecule has 1 fully saturated rings. The van der Waals surface area contributed by atoms with Gasteiger partial charge in [-0.1, -0.05) is 6.92 Å². The molecular formula is C12H22N6. The molecule has 6 heteroatoms. The number of hydrazine groups is 1. The summed E-state index contributed by atoms with van der Waals surface area (Å²) >= 11 is 0. The van der Waals surface area contributed by atoms with Crippen LogP contribution in [-0.4, -0.2) is 40.5 Å². The van der Waals surface area contributed by atoms with Crippen LogP contribution in [0.4, 0.5) is 11.8 Å². The average Bonchev–Trinajstić information content (AvgIpc) is 2.83. The van der Waals surface area contributed by atoms with Gasteiger partial charge >= 0.3 is 0 Å². The molecule has 1 unspecified atom stereocenters. The Morgan fingerprint density at radius 2 is 2.33 bits per heavy atom. The molecule has 6 nitrogen and oxygen atoms in total. The Morgan fingerprint density at radius 1 is 1.50 bits per heavy atom. The second-order valence-electron chi connectivity index (χ2n) is 4.67. The van der Waals surface area contributed by atoms with Crippen LogP contribution in [0.15, 0.2) is 6.07 Å². The van der Waals surface area contributed by atoms with Gasteiger partial charge in [-0.25, -0.2) is 10.8 Å². The summed E-state index contributed by atoms with van der Waals surface area (Å²) in [5.74, 6) is 6.63. The van der Waals surface area contributed by atoms with Crippen molar-refractivity contribution in [1.29, 1.82) is 0 Å². The Labute approximate surface area is 108 Å². The normalized spacial score (nSPS) is 20.1. The molecule has 1 aromatic heterocycles. The highest BCUT2D eigenvalue weighted by Crippen LogP contribution is 2.17. The Morgan fingerprint density at radius 3 is 3.06 bits per heavy atom. The van der Waals surface area contributed by atoms with Crippen LogP contribution in [0.3, 0.4) is 0 Å². The van der Waals surface area contributed by atoms with Crippen LogP contribution in [0.5, 0.6) is 0 Å². The van der Waals surface area contributed by atoms with E-state index < -0.39 is 0 Å². The number of likely N-dealkylation sites (tertiary alicyclic amines) is 1. The summed E-state index contributed by atoms with van der Waals surface area (Å²) < 4.78 is 0. The van der Waals surface area contributed by atoms with E-state index in [1.54, 1.807) is 0 Å². The van der Waals surface area contributed by atoms with Crippen LogP contribution in [0.25, 0.3) is 0 Å². The molecule has 18 heavy (non-hydrogen) atoms. The molecule has 1 aliphatic rings. The molecule has 0 amide bonds. The predicted octanol–water partition coefficient (Wildman–Crippen LogP) is 0.967. The number of likely N-dealkylation sites (N-methyl/N-ethyl adjacent to an activating group) is 1. The fourth-order valence-electron chi connectivity index (χ4n) is 2.49. The number of aromatic nitrogens is 2. The van der Waals surface area contributed by atoms with Crippen molar-refractivity contribution in [2.75, 3.05) is 30.4 Å². The summed E-state index contributed by atoms with van der Waals surface area (Å²) in [7, 11) is 0. The SMILES string of the molecule is CCN1CCCC1CNc1cc(C)nc(NN)n1. The summed E-state index contributed by atoms with van der Waals surface area (Å²) in [6.45, 7) is 7.39.